The van der Waals surface area contributed by atoms with Gasteiger partial charge in [0.05, 0.1) is 12.8 Å². The van der Waals surface area contributed by atoms with Gasteiger partial charge in [0.25, 0.3) is 5.91 Å². The van der Waals surface area contributed by atoms with Crippen LogP contribution >= 0.6 is 0 Å². The summed E-state index contributed by atoms with van der Waals surface area (Å²) in [7, 11) is 1.54. The summed E-state index contributed by atoms with van der Waals surface area (Å²) in [6.07, 6.45) is 0. The summed E-state index contributed by atoms with van der Waals surface area (Å²) in [5.74, 6) is 2.36. The Bertz CT molecular complexity index is 960. The number of methoxy groups -OCH3 is 1. The van der Waals surface area contributed by atoms with Gasteiger partial charge in [-0.25, -0.2) is 0 Å². The van der Waals surface area contributed by atoms with Gasteiger partial charge in [0.15, 0.2) is 6.61 Å². The zero-order valence-corrected chi connectivity index (χ0v) is 16.8. The van der Waals surface area contributed by atoms with Gasteiger partial charge in [-0.15, -0.1) is 0 Å². The van der Waals surface area contributed by atoms with Crippen molar-refractivity contribution in [3.8, 4) is 22.8 Å². The average Bonchev–Trinajstić information content (AvgIpc) is 3.22. The van der Waals surface area contributed by atoms with E-state index in [-0.39, 0.29) is 19.1 Å². The summed E-state index contributed by atoms with van der Waals surface area (Å²) < 4.78 is 16.5. The van der Waals surface area contributed by atoms with E-state index in [1.807, 2.05) is 30.3 Å². The van der Waals surface area contributed by atoms with Crippen LogP contribution < -0.4 is 14.8 Å². The van der Waals surface area contributed by atoms with E-state index in [0.29, 0.717) is 34.6 Å². The number of aliphatic hydroxyl groups is 1. The van der Waals surface area contributed by atoms with Crippen molar-refractivity contribution in [3.63, 3.8) is 0 Å². The smallest absolute Gasteiger partial charge is 0.262 e. The van der Waals surface area contributed by atoms with Gasteiger partial charge in [0.2, 0.25) is 0 Å². The lowest BCUT2D eigenvalue weighted by Crippen LogP contribution is -2.20. The van der Waals surface area contributed by atoms with Gasteiger partial charge < -0.3 is 24.3 Å². The standard InChI is InChI=1S/C23H25NO5/c1-15(2)16-4-7-18(8-5-16)28-14-23(26)24-20-12-17(6-10-22(20)27-3)21-11-9-19(13-25)29-21/h4-12,15,25H,13-14H2,1-3H3,(H,24,26). The Kier molecular flexibility index (Phi) is 6.57. The van der Waals surface area contributed by atoms with Crippen LogP contribution in [0.5, 0.6) is 11.5 Å². The van der Waals surface area contributed by atoms with Crippen LogP contribution in [0.4, 0.5) is 5.69 Å². The third kappa shape index (κ3) is 5.18. The summed E-state index contributed by atoms with van der Waals surface area (Å²) >= 11 is 0. The van der Waals surface area contributed by atoms with E-state index in [9.17, 15) is 4.79 Å². The van der Waals surface area contributed by atoms with E-state index >= 15 is 0 Å². The first-order valence-corrected chi connectivity index (χ1v) is 9.40. The maximum absolute atomic E-state index is 12.4. The van der Waals surface area contributed by atoms with Crippen LogP contribution in [-0.2, 0) is 11.4 Å². The van der Waals surface area contributed by atoms with Gasteiger partial charge in [-0.1, -0.05) is 26.0 Å². The van der Waals surface area contributed by atoms with Crippen LogP contribution in [0, 0.1) is 0 Å². The molecule has 6 heteroatoms. The molecule has 3 rings (SSSR count). The number of carbonyl (C=O) groups is 1. The summed E-state index contributed by atoms with van der Waals surface area (Å²) in [5.41, 5.74) is 2.48. The summed E-state index contributed by atoms with van der Waals surface area (Å²) in [4.78, 5) is 12.4. The van der Waals surface area contributed by atoms with Gasteiger partial charge in [-0.05, 0) is 53.9 Å². The highest BCUT2D eigenvalue weighted by atomic mass is 16.5. The minimum absolute atomic E-state index is 0.121. The topological polar surface area (TPSA) is 80.9 Å². The minimum atomic E-state index is -0.302. The molecule has 2 N–H and O–H groups in total. The first kappa shape index (κ1) is 20.5. The molecule has 0 saturated heterocycles. The highest BCUT2D eigenvalue weighted by molar-refractivity contribution is 5.94. The summed E-state index contributed by atoms with van der Waals surface area (Å²) in [6, 6.07) is 16.5. The maximum atomic E-state index is 12.4. The van der Waals surface area contributed by atoms with E-state index in [2.05, 4.69) is 19.2 Å². The lowest BCUT2D eigenvalue weighted by Gasteiger charge is -2.12. The molecule has 152 valence electrons. The molecule has 29 heavy (non-hydrogen) atoms. The van der Waals surface area contributed by atoms with Gasteiger partial charge >= 0.3 is 0 Å². The quantitative estimate of drug-likeness (QED) is 0.583. The zero-order valence-electron chi connectivity index (χ0n) is 16.8. The lowest BCUT2D eigenvalue weighted by atomic mass is 10.0. The molecular formula is C23H25NO5. The molecule has 0 aliphatic heterocycles. The average molecular weight is 395 g/mol. The van der Waals surface area contributed by atoms with Crippen LogP contribution in [0.3, 0.4) is 0 Å². The van der Waals surface area contributed by atoms with Crippen LogP contribution in [0.2, 0.25) is 0 Å². The molecular weight excluding hydrogens is 370 g/mol. The number of carbonyl (C=O) groups excluding carboxylic acids is 1. The number of aliphatic hydroxyl groups excluding tert-OH is 1. The van der Waals surface area contributed by atoms with Crippen molar-refractivity contribution in [2.45, 2.75) is 26.4 Å². The Morgan fingerprint density at radius 1 is 1.10 bits per heavy atom. The third-order valence-electron chi connectivity index (χ3n) is 4.49. The Morgan fingerprint density at radius 3 is 2.48 bits per heavy atom. The Hall–Kier alpha value is -3.25. The highest BCUT2D eigenvalue weighted by Gasteiger charge is 2.12. The van der Waals surface area contributed by atoms with E-state index in [1.54, 1.807) is 24.3 Å². The molecule has 0 radical (unpaired) electrons. The molecule has 0 spiro atoms. The molecule has 0 bridgehead atoms. The number of hydrogen-bond acceptors (Lipinski definition) is 5. The molecule has 0 aliphatic rings. The van der Waals surface area contributed by atoms with Crippen molar-refractivity contribution in [2.24, 2.45) is 0 Å². The molecule has 0 atom stereocenters. The minimum Gasteiger partial charge on any atom is -0.495 e. The maximum Gasteiger partial charge on any atom is 0.262 e. The Morgan fingerprint density at radius 2 is 1.86 bits per heavy atom. The third-order valence-corrected chi connectivity index (χ3v) is 4.49. The van der Waals surface area contributed by atoms with E-state index in [0.717, 1.165) is 5.56 Å². The number of benzene rings is 2. The number of furan rings is 1. The molecule has 0 saturated carbocycles. The lowest BCUT2D eigenvalue weighted by molar-refractivity contribution is -0.118. The van der Waals surface area contributed by atoms with Crippen LogP contribution in [0.15, 0.2) is 59.0 Å². The first-order chi connectivity index (χ1) is 14.0. The van der Waals surface area contributed by atoms with Crippen molar-refractivity contribution in [3.05, 3.63) is 65.9 Å². The van der Waals surface area contributed by atoms with Gasteiger partial charge in [-0.3, -0.25) is 4.79 Å². The van der Waals surface area contributed by atoms with Gasteiger partial charge in [-0.2, -0.15) is 0 Å². The molecule has 1 heterocycles. The van der Waals surface area contributed by atoms with Crippen molar-refractivity contribution in [2.75, 3.05) is 19.0 Å². The first-order valence-electron chi connectivity index (χ1n) is 9.40. The number of amides is 1. The Labute approximate surface area is 170 Å². The number of ether oxygens (including phenoxy) is 2. The number of rotatable bonds is 8. The van der Waals surface area contributed by atoms with E-state index in [4.69, 9.17) is 19.0 Å². The van der Waals surface area contributed by atoms with Crippen molar-refractivity contribution in [1.29, 1.82) is 0 Å². The molecule has 2 aromatic carbocycles. The highest BCUT2D eigenvalue weighted by Crippen LogP contribution is 2.31. The molecule has 0 fully saturated rings. The largest absolute Gasteiger partial charge is 0.495 e. The van der Waals surface area contributed by atoms with Crippen LogP contribution in [-0.4, -0.2) is 24.7 Å². The van der Waals surface area contributed by atoms with Crippen molar-refractivity contribution in [1.82, 2.24) is 0 Å². The van der Waals surface area contributed by atoms with E-state index in [1.165, 1.54) is 12.7 Å². The van der Waals surface area contributed by atoms with Crippen LogP contribution in [0.25, 0.3) is 11.3 Å². The number of nitrogens with one attached hydrogen (secondary N) is 1. The van der Waals surface area contributed by atoms with Crippen LogP contribution in [0.1, 0.15) is 31.1 Å². The molecule has 3 aromatic rings. The molecule has 0 aliphatic carbocycles. The Balaban J connectivity index is 1.67. The predicted octanol–water partition coefficient (Wildman–Crippen LogP) is 4.59. The number of anilines is 1. The fraction of sp³-hybridized carbons (Fsp3) is 0.261. The summed E-state index contributed by atoms with van der Waals surface area (Å²) in [6.45, 7) is 3.95. The summed E-state index contributed by atoms with van der Waals surface area (Å²) in [5, 5.41) is 12.0. The SMILES string of the molecule is COc1ccc(-c2ccc(CO)o2)cc1NC(=O)COc1ccc(C(C)C)cc1. The number of hydrogen-bond donors (Lipinski definition) is 2. The fourth-order valence-electron chi connectivity index (χ4n) is 2.86. The molecule has 6 nitrogen and oxygen atoms in total. The zero-order chi connectivity index (χ0) is 20.8. The van der Waals surface area contributed by atoms with Gasteiger partial charge in [0.1, 0.15) is 29.6 Å². The van der Waals surface area contributed by atoms with E-state index < -0.39 is 0 Å². The molecule has 1 amide bonds. The second-order valence-electron chi connectivity index (χ2n) is 6.90. The normalized spacial score (nSPS) is 10.8. The molecule has 1 aromatic heterocycles. The molecule has 0 unspecified atom stereocenters. The fourth-order valence-corrected chi connectivity index (χ4v) is 2.86. The monoisotopic (exact) mass is 395 g/mol. The second kappa shape index (κ2) is 9.30. The predicted molar refractivity (Wildman–Crippen MR) is 111 cm³/mol. The van der Waals surface area contributed by atoms with Crippen molar-refractivity contribution >= 4 is 11.6 Å². The van der Waals surface area contributed by atoms with Crippen molar-refractivity contribution < 1.29 is 23.8 Å². The van der Waals surface area contributed by atoms with Gasteiger partial charge in [0, 0.05) is 5.56 Å². The second-order valence-corrected chi connectivity index (χ2v) is 6.90.